The first kappa shape index (κ1) is 20.4. The summed E-state index contributed by atoms with van der Waals surface area (Å²) in [6.07, 6.45) is -0.770. The Labute approximate surface area is 146 Å². The van der Waals surface area contributed by atoms with Crippen LogP contribution in [0.3, 0.4) is 0 Å². The SMILES string of the molecule is CC(C)C[C@@](NC(=O)OC(C)(C)C)(C(=O)O)c1ccc([N+](=O)[O-])cc1. The van der Waals surface area contributed by atoms with Crippen molar-refractivity contribution in [3.63, 3.8) is 0 Å². The monoisotopic (exact) mass is 352 g/mol. The fraction of sp³-hybridized carbons (Fsp3) is 0.529. The number of carboxylic acids is 1. The van der Waals surface area contributed by atoms with E-state index in [0.29, 0.717) is 0 Å². The maximum absolute atomic E-state index is 12.2. The maximum atomic E-state index is 12.2. The zero-order chi connectivity index (χ0) is 19.4. The molecule has 8 heteroatoms. The molecular weight excluding hydrogens is 328 g/mol. The number of nitro benzene ring substituents is 1. The van der Waals surface area contributed by atoms with Crippen LogP contribution in [0.2, 0.25) is 0 Å². The highest BCUT2D eigenvalue weighted by atomic mass is 16.6. The molecule has 1 atom stereocenters. The number of nitro groups is 1. The number of carbonyl (C=O) groups is 2. The molecule has 1 aromatic rings. The highest BCUT2D eigenvalue weighted by Gasteiger charge is 2.43. The van der Waals surface area contributed by atoms with Crippen LogP contribution in [0.25, 0.3) is 0 Å². The number of alkyl carbamates (subject to hydrolysis) is 1. The summed E-state index contributed by atoms with van der Waals surface area (Å²) in [6, 6.07) is 5.10. The number of non-ortho nitro benzene ring substituents is 1. The molecule has 1 amide bonds. The lowest BCUT2D eigenvalue weighted by atomic mass is 9.82. The largest absolute Gasteiger partial charge is 0.479 e. The van der Waals surface area contributed by atoms with E-state index in [1.807, 2.05) is 13.8 Å². The van der Waals surface area contributed by atoms with Gasteiger partial charge in [-0.15, -0.1) is 0 Å². The highest BCUT2D eigenvalue weighted by molar-refractivity contribution is 5.86. The van der Waals surface area contributed by atoms with E-state index in [2.05, 4.69) is 5.32 Å². The van der Waals surface area contributed by atoms with Crippen molar-refractivity contribution in [2.75, 3.05) is 0 Å². The van der Waals surface area contributed by atoms with Crippen LogP contribution in [-0.2, 0) is 15.1 Å². The smallest absolute Gasteiger partial charge is 0.408 e. The van der Waals surface area contributed by atoms with Gasteiger partial charge in [0.15, 0.2) is 5.54 Å². The number of ether oxygens (including phenoxy) is 1. The third-order valence-corrected chi connectivity index (χ3v) is 3.36. The van der Waals surface area contributed by atoms with Crippen molar-refractivity contribution in [2.45, 2.75) is 52.2 Å². The molecule has 138 valence electrons. The van der Waals surface area contributed by atoms with Crippen LogP contribution >= 0.6 is 0 Å². The third-order valence-electron chi connectivity index (χ3n) is 3.36. The van der Waals surface area contributed by atoms with Gasteiger partial charge in [-0.3, -0.25) is 10.1 Å². The van der Waals surface area contributed by atoms with Gasteiger partial charge in [0, 0.05) is 12.1 Å². The van der Waals surface area contributed by atoms with Gasteiger partial charge in [0.1, 0.15) is 5.60 Å². The molecule has 1 rings (SSSR count). The summed E-state index contributed by atoms with van der Waals surface area (Å²) in [5, 5.41) is 23.1. The zero-order valence-corrected chi connectivity index (χ0v) is 15.0. The number of rotatable bonds is 6. The van der Waals surface area contributed by atoms with Crippen molar-refractivity contribution in [1.82, 2.24) is 5.32 Å². The number of carboxylic acid groups (broad SMARTS) is 1. The summed E-state index contributed by atoms with van der Waals surface area (Å²) in [6.45, 7) is 8.65. The van der Waals surface area contributed by atoms with Crippen molar-refractivity contribution in [3.8, 4) is 0 Å². The molecule has 1 aromatic carbocycles. The molecule has 0 bridgehead atoms. The normalized spacial score (nSPS) is 13.8. The molecule has 0 fully saturated rings. The molecule has 8 nitrogen and oxygen atoms in total. The van der Waals surface area contributed by atoms with Gasteiger partial charge in [-0.05, 0) is 50.8 Å². The topological polar surface area (TPSA) is 119 Å². The van der Waals surface area contributed by atoms with Gasteiger partial charge in [-0.2, -0.15) is 0 Å². The quantitative estimate of drug-likeness (QED) is 0.598. The lowest BCUT2D eigenvalue weighted by molar-refractivity contribution is -0.384. The number of hydrogen-bond acceptors (Lipinski definition) is 5. The second-order valence-corrected chi connectivity index (χ2v) is 7.24. The molecule has 0 saturated heterocycles. The molecule has 0 heterocycles. The number of amides is 1. The van der Waals surface area contributed by atoms with E-state index in [4.69, 9.17) is 4.74 Å². The van der Waals surface area contributed by atoms with E-state index in [0.717, 1.165) is 0 Å². The van der Waals surface area contributed by atoms with Crippen LogP contribution in [0, 0.1) is 16.0 Å². The van der Waals surface area contributed by atoms with Crippen LogP contribution in [0.4, 0.5) is 10.5 Å². The molecule has 0 aliphatic rings. The van der Waals surface area contributed by atoms with Gasteiger partial charge in [0.2, 0.25) is 0 Å². The molecule has 0 saturated carbocycles. The fourth-order valence-electron chi connectivity index (χ4n) is 2.46. The minimum atomic E-state index is -1.74. The molecular formula is C17H24N2O6. The van der Waals surface area contributed by atoms with Crippen molar-refractivity contribution < 1.29 is 24.4 Å². The lowest BCUT2D eigenvalue weighted by Crippen LogP contribution is -2.53. The number of benzene rings is 1. The molecule has 25 heavy (non-hydrogen) atoms. The van der Waals surface area contributed by atoms with Crippen molar-refractivity contribution >= 4 is 17.7 Å². The molecule has 0 aromatic heterocycles. The molecule has 2 N–H and O–H groups in total. The first-order chi connectivity index (χ1) is 11.4. The summed E-state index contributed by atoms with van der Waals surface area (Å²) in [4.78, 5) is 34.5. The molecule has 0 aliphatic carbocycles. The first-order valence-corrected chi connectivity index (χ1v) is 7.87. The Morgan fingerprint density at radius 3 is 2.12 bits per heavy atom. The second-order valence-electron chi connectivity index (χ2n) is 7.24. The summed E-state index contributed by atoms with van der Waals surface area (Å²) < 4.78 is 5.19. The van der Waals surface area contributed by atoms with Gasteiger partial charge >= 0.3 is 12.1 Å². The molecule has 0 aliphatic heterocycles. The fourth-order valence-corrected chi connectivity index (χ4v) is 2.46. The number of carbonyl (C=O) groups excluding carboxylic acids is 1. The Hall–Kier alpha value is -2.64. The van der Waals surface area contributed by atoms with Crippen LogP contribution < -0.4 is 5.32 Å². The van der Waals surface area contributed by atoms with E-state index >= 15 is 0 Å². The minimum absolute atomic E-state index is 0.0683. The Morgan fingerprint density at radius 1 is 1.24 bits per heavy atom. The maximum Gasteiger partial charge on any atom is 0.408 e. The predicted octanol–water partition coefficient (Wildman–Crippen LogP) is 3.45. The third kappa shape index (κ3) is 5.44. The van der Waals surface area contributed by atoms with Crippen LogP contribution in [0.15, 0.2) is 24.3 Å². The summed E-state index contributed by atoms with van der Waals surface area (Å²) in [7, 11) is 0. The Bertz CT molecular complexity index is 648. The number of aliphatic carboxylic acids is 1. The Morgan fingerprint density at radius 2 is 1.76 bits per heavy atom. The summed E-state index contributed by atoms with van der Waals surface area (Å²) in [5.74, 6) is -1.33. The average Bonchev–Trinajstić information content (AvgIpc) is 2.43. The van der Waals surface area contributed by atoms with Crippen molar-refractivity contribution in [2.24, 2.45) is 5.92 Å². The van der Waals surface area contributed by atoms with Gasteiger partial charge in [0.05, 0.1) is 4.92 Å². The van der Waals surface area contributed by atoms with Gasteiger partial charge in [-0.25, -0.2) is 9.59 Å². The Kier molecular flexibility index (Phi) is 6.12. The highest BCUT2D eigenvalue weighted by Crippen LogP contribution is 2.31. The minimum Gasteiger partial charge on any atom is -0.479 e. The molecule has 0 spiro atoms. The standard InChI is InChI=1S/C17H24N2O6/c1-11(2)10-17(14(20)21,18-15(22)25-16(3,4)5)12-6-8-13(9-7-12)19(23)24/h6-9,11H,10H2,1-5H3,(H,18,22)(H,20,21)/t17-/m0/s1. The van der Waals surface area contributed by atoms with Crippen LogP contribution in [0.5, 0.6) is 0 Å². The van der Waals surface area contributed by atoms with E-state index in [-0.39, 0.29) is 23.6 Å². The van der Waals surface area contributed by atoms with Crippen molar-refractivity contribution in [3.05, 3.63) is 39.9 Å². The first-order valence-electron chi connectivity index (χ1n) is 7.87. The van der Waals surface area contributed by atoms with Crippen molar-refractivity contribution in [1.29, 1.82) is 0 Å². The molecule has 0 radical (unpaired) electrons. The number of nitrogens with one attached hydrogen (secondary N) is 1. The summed E-state index contributed by atoms with van der Waals surface area (Å²) in [5.41, 5.74) is -2.46. The number of nitrogens with zero attached hydrogens (tertiary/aromatic N) is 1. The van der Waals surface area contributed by atoms with E-state index in [1.54, 1.807) is 20.8 Å². The second kappa shape index (κ2) is 7.50. The zero-order valence-electron chi connectivity index (χ0n) is 15.0. The summed E-state index contributed by atoms with van der Waals surface area (Å²) >= 11 is 0. The predicted molar refractivity (Wildman–Crippen MR) is 91.2 cm³/mol. The van der Waals surface area contributed by atoms with Gasteiger partial charge in [-0.1, -0.05) is 13.8 Å². The molecule has 0 unspecified atom stereocenters. The van der Waals surface area contributed by atoms with Gasteiger partial charge < -0.3 is 15.2 Å². The van der Waals surface area contributed by atoms with E-state index in [9.17, 15) is 24.8 Å². The van der Waals surface area contributed by atoms with E-state index < -0.39 is 28.1 Å². The number of hydrogen-bond donors (Lipinski definition) is 2. The van der Waals surface area contributed by atoms with E-state index in [1.165, 1.54) is 24.3 Å². The van der Waals surface area contributed by atoms with Crippen LogP contribution in [0.1, 0.15) is 46.6 Å². The lowest BCUT2D eigenvalue weighted by Gasteiger charge is -2.33. The Balaban J connectivity index is 3.33. The van der Waals surface area contributed by atoms with Gasteiger partial charge in [0.25, 0.3) is 5.69 Å². The van der Waals surface area contributed by atoms with Crippen LogP contribution in [-0.4, -0.2) is 27.7 Å². The average molecular weight is 352 g/mol.